The van der Waals surface area contributed by atoms with Gasteiger partial charge < -0.3 is 15.1 Å². The molecule has 1 aliphatic rings. The summed E-state index contributed by atoms with van der Waals surface area (Å²) in [6, 6.07) is 18.3. The quantitative estimate of drug-likeness (QED) is 0.598. The Kier molecular flexibility index (Phi) is 5.62. The standard InChI is InChI=1S/C25H20N2O4/c28-20-11-9-19(10-12-20)23-22(21(29)13-8-17-5-2-1-3-6-17)24(30)25(31)27(23)16-18-7-4-14-26-15-18/h1-15,23,28,30H,16H2/b13-8+. The third-order valence-corrected chi connectivity index (χ3v) is 5.08. The summed E-state index contributed by atoms with van der Waals surface area (Å²) in [5.41, 5.74) is 2.21. The zero-order valence-electron chi connectivity index (χ0n) is 16.6. The smallest absolute Gasteiger partial charge is 0.290 e. The summed E-state index contributed by atoms with van der Waals surface area (Å²) in [6.07, 6.45) is 6.26. The van der Waals surface area contributed by atoms with Crippen LogP contribution in [0.4, 0.5) is 0 Å². The molecule has 2 aromatic carbocycles. The molecule has 154 valence electrons. The molecule has 6 nitrogen and oxygen atoms in total. The van der Waals surface area contributed by atoms with Crippen LogP contribution in [-0.2, 0) is 16.1 Å². The molecule has 1 aliphatic heterocycles. The van der Waals surface area contributed by atoms with E-state index in [9.17, 15) is 19.8 Å². The molecule has 0 saturated carbocycles. The van der Waals surface area contributed by atoms with Crippen LogP contribution in [0.3, 0.4) is 0 Å². The molecule has 1 amide bonds. The maximum atomic E-state index is 13.1. The fourth-order valence-corrected chi connectivity index (χ4v) is 3.59. The second-order valence-electron chi connectivity index (χ2n) is 7.16. The number of amides is 1. The van der Waals surface area contributed by atoms with Crippen molar-refractivity contribution < 1.29 is 19.8 Å². The van der Waals surface area contributed by atoms with E-state index in [1.54, 1.807) is 36.7 Å². The molecule has 0 saturated heterocycles. The lowest BCUT2D eigenvalue weighted by molar-refractivity contribution is -0.130. The fourth-order valence-electron chi connectivity index (χ4n) is 3.59. The van der Waals surface area contributed by atoms with Crippen molar-refractivity contribution in [1.29, 1.82) is 0 Å². The van der Waals surface area contributed by atoms with Gasteiger partial charge in [0.2, 0.25) is 0 Å². The number of allylic oxidation sites excluding steroid dienone is 1. The second kappa shape index (κ2) is 8.67. The Balaban J connectivity index is 1.72. The highest BCUT2D eigenvalue weighted by atomic mass is 16.3. The van der Waals surface area contributed by atoms with Crippen LogP contribution >= 0.6 is 0 Å². The van der Waals surface area contributed by atoms with Crippen LogP contribution < -0.4 is 0 Å². The van der Waals surface area contributed by atoms with Crippen molar-refractivity contribution in [3.63, 3.8) is 0 Å². The van der Waals surface area contributed by atoms with E-state index in [1.807, 2.05) is 36.4 Å². The van der Waals surface area contributed by atoms with Crippen molar-refractivity contribution in [2.45, 2.75) is 12.6 Å². The van der Waals surface area contributed by atoms with Crippen molar-refractivity contribution in [2.75, 3.05) is 0 Å². The number of aromatic hydroxyl groups is 1. The van der Waals surface area contributed by atoms with Crippen LogP contribution in [0, 0.1) is 0 Å². The second-order valence-corrected chi connectivity index (χ2v) is 7.16. The van der Waals surface area contributed by atoms with Gasteiger partial charge in [-0.15, -0.1) is 0 Å². The van der Waals surface area contributed by atoms with Crippen LogP contribution in [0.5, 0.6) is 5.75 Å². The van der Waals surface area contributed by atoms with Crippen molar-refractivity contribution >= 4 is 17.8 Å². The number of hydrogen-bond donors (Lipinski definition) is 2. The van der Waals surface area contributed by atoms with E-state index < -0.39 is 23.5 Å². The molecule has 1 aromatic heterocycles. The van der Waals surface area contributed by atoms with Gasteiger partial charge in [0.1, 0.15) is 5.75 Å². The molecule has 31 heavy (non-hydrogen) atoms. The first kappa shape index (κ1) is 20.1. The van der Waals surface area contributed by atoms with E-state index in [0.29, 0.717) is 5.56 Å². The molecule has 0 bridgehead atoms. The van der Waals surface area contributed by atoms with Crippen molar-refractivity contribution in [2.24, 2.45) is 0 Å². The SMILES string of the molecule is O=C(/C=C/c1ccccc1)C1=C(O)C(=O)N(Cc2cccnc2)C1c1ccc(O)cc1. The number of aliphatic hydroxyl groups is 1. The average Bonchev–Trinajstić information content (AvgIpc) is 3.04. The highest BCUT2D eigenvalue weighted by Gasteiger charge is 2.42. The van der Waals surface area contributed by atoms with Gasteiger partial charge in [0.25, 0.3) is 5.91 Å². The largest absolute Gasteiger partial charge is 0.508 e. The Bertz CT molecular complexity index is 1150. The summed E-state index contributed by atoms with van der Waals surface area (Å²) < 4.78 is 0. The summed E-state index contributed by atoms with van der Waals surface area (Å²) in [7, 11) is 0. The van der Waals surface area contributed by atoms with Crippen molar-refractivity contribution in [3.05, 3.63) is 113 Å². The molecule has 0 spiro atoms. The van der Waals surface area contributed by atoms with Gasteiger partial charge in [0.05, 0.1) is 11.6 Å². The monoisotopic (exact) mass is 412 g/mol. The van der Waals surface area contributed by atoms with E-state index in [-0.39, 0.29) is 17.9 Å². The zero-order chi connectivity index (χ0) is 21.8. The molecular weight excluding hydrogens is 392 g/mol. The number of carbonyl (C=O) groups excluding carboxylic acids is 2. The minimum absolute atomic E-state index is 0.00626. The van der Waals surface area contributed by atoms with Gasteiger partial charge in [0.15, 0.2) is 11.5 Å². The van der Waals surface area contributed by atoms with E-state index in [2.05, 4.69) is 4.98 Å². The number of phenols is 1. The number of hydrogen-bond acceptors (Lipinski definition) is 5. The first-order valence-electron chi connectivity index (χ1n) is 9.74. The molecule has 6 heteroatoms. The molecule has 2 heterocycles. The summed E-state index contributed by atoms with van der Waals surface area (Å²) in [4.78, 5) is 31.5. The number of carbonyl (C=O) groups is 2. The number of nitrogens with zero attached hydrogens (tertiary/aromatic N) is 2. The lowest BCUT2D eigenvalue weighted by Gasteiger charge is -2.26. The van der Waals surface area contributed by atoms with Gasteiger partial charge in [-0.25, -0.2) is 0 Å². The molecule has 4 rings (SSSR count). The first-order chi connectivity index (χ1) is 15.0. The zero-order valence-corrected chi connectivity index (χ0v) is 16.6. The van der Waals surface area contributed by atoms with E-state index in [0.717, 1.165) is 11.1 Å². The molecule has 1 unspecified atom stereocenters. The third kappa shape index (κ3) is 4.23. The van der Waals surface area contributed by atoms with Gasteiger partial charge >= 0.3 is 0 Å². The van der Waals surface area contributed by atoms with Gasteiger partial charge in [-0.1, -0.05) is 54.6 Å². The number of aliphatic hydroxyl groups excluding tert-OH is 1. The minimum Gasteiger partial charge on any atom is -0.508 e. The van der Waals surface area contributed by atoms with Gasteiger partial charge in [-0.3, -0.25) is 14.6 Å². The average molecular weight is 412 g/mol. The highest BCUT2D eigenvalue weighted by molar-refractivity contribution is 6.14. The maximum absolute atomic E-state index is 13.1. The van der Waals surface area contributed by atoms with Crippen LogP contribution in [0.1, 0.15) is 22.7 Å². The van der Waals surface area contributed by atoms with Crippen molar-refractivity contribution in [1.82, 2.24) is 9.88 Å². The summed E-state index contributed by atoms with van der Waals surface area (Å²) >= 11 is 0. The maximum Gasteiger partial charge on any atom is 0.290 e. The summed E-state index contributed by atoms with van der Waals surface area (Å²) in [6.45, 7) is 0.168. The number of ketones is 1. The van der Waals surface area contributed by atoms with Gasteiger partial charge in [0, 0.05) is 18.9 Å². The molecule has 0 radical (unpaired) electrons. The number of pyridine rings is 1. The Morgan fingerprint density at radius 1 is 1.00 bits per heavy atom. The third-order valence-electron chi connectivity index (χ3n) is 5.08. The number of phenolic OH excluding ortho intramolecular Hbond substituents is 1. The molecule has 1 atom stereocenters. The lowest BCUT2D eigenvalue weighted by Crippen LogP contribution is -2.30. The number of aromatic nitrogens is 1. The fraction of sp³-hybridized carbons (Fsp3) is 0.0800. The van der Waals surface area contributed by atoms with Crippen LogP contribution in [-0.4, -0.2) is 31.8 Å². The van der Waals surface area contributed by atoms with Crippen molar-refractivity contribution in [3.8, 4) is 5.75 Å². The van der Waals surface area contributed by atoms with E-state index in [1.165, 1.54) is 23.1 Å². The topological polar surface area (TPSA) is 90.7 Å². The molecule has 0 aliphatic carbocycles. The van der Waals surface area contributed by atoms with Crippen LogP contribution in [0.25, 0.3) is 6.08 Å². The van der Waals surface area contributed by atoms with Crippen LogP contribution in [0.15, 0.2) is 96.5 Å². The Hall–Kier alpha value is -4.19. The predicted octanol–water partition coefficient (Wildman–Crippen LogP) is 3.97. The molecular formula is C25H20N2O4. The number of rotatable bonds is 6. The number of benzene rings is 2. The highest BCUT2D eigenvalue weighted by Crippen LogP contribution is 2.39. The molecule has 0 fully saturated rings. The minimum atomic E-state index is -0.791. The summed E-state index contributed by atoms with van der Waals surface area (Å²) in [5.74, 6) is -1.58. The van der Waals surface area contributed by atoms with Crippen LogP contribution in [0.2, 0.25) is 0 Å². The molecule has 3 aromatic rings. The normalized spacial score (nSPS) is 16.3. The van der Waals surface area contributed by atoms with E-state index in [4.69, 9.17) is 0 Å². The molecule has 2 N–H and O–H groups in total. The van der Waals surface area contributed by atoms with Gasteiger partial charge in [-0.2, -0.15) is 0 Å². The van der Waals surface area contributed by atoms with Gasteiger partial charge in [-0.05, 0) is 41.0 Å². The Labute approximate surface area is 179 Å². The predicted molar refractivity (Wildman–Crippen MR) is 116 cm³/mol. The lowest BCUT2D eigenvalue weighted by atomic mass is 9.95. The van der Waals surface area contributed by atoms with E-state index >= 15 is 0 Å². The Morgan fingerprint density at radius 3 is 2.42 bits per heavy atom. The first-order valence-corrected chi connectivity index (χ1v) is 9.74. The Morgan fingerprint density at radius 2 is 1.74 bits per heavy atom. The summed E-state index contributed by atoms with van der Waals surface area (Å²) in [5, 5.41) is 20.3.